The number of piperidine rings is 1. The van der Waals surface area contributed by atoms with Gasteiger partial charge in [-0.25, -0.2) is 0 Å². The van der Waals surface area contributed by atoms with Crippen LogP contribution in [0.5, 0.6) is 17.2 Å². The van der Waals surface area contributed by atoms with Crippen LogP contribution in [-0.2, 0) is 22.2 Å². The second-order valence-corrected chi connectivity index (χ2v) is 12.4. The molecular weight excluding hydrogens is 585 g/mol. The number of halogens is 2. The number of hydrogen-bond acceptors (Lipinski definition) is 6. The van der Waals surface area contributed by atoms with E-state index in [1.54, 1.807) is 21.3 Å². The SMILES string of the molecule is COc1cc(CN2CCC(CCNC(=O)C3(c4ccccc4)CCNCC3)(c3ccc(Cl)c(Cl)c3)C2)cc(OC)c1OC. The third-order valence-electron chi connectivity index (χ3n) is 9.20. The zero-order valence-electron chi connectivity index (χ0n) is 25.2. The highest BCUT2D eigenvalue weighted by Gasteiger charge is 2.43. The molecule has 2 N–H and O–H groups in total. The van der Waals surface area contributed by atoms with Crippen molar-refractivity contribution in [1.82, 2.24) is 15.5 Å². The Kier molecular flexibility index (Phi) is 10.1. The van der Waals surface area contributed by atoms with Gasteiger partial charge in [0.1, 0.15) is 0 Å². The quantitative estimate of drug-likeness (QED) is 0.273. The predicted octanol–water partition coefficient (Wildman–Crippen LogP) is 5.99. The van der Waals surface area contributed by atoms with Gasteiger partial charge in [0, 0.05) is 25.0 Å². The highest BCUT2D eigenvalue weighted by Crippen LogP contribution is 2.42. The van der Waals surface area contributed by atoms with E-state index in [9.17, 15) is 4.79 Å². The Balaban J connectivity index is 1.35. The van der Waals surface area contributed by atoms with Crippen LogP contribution in [0.15, 0.2) is 60.7 Å². The average Bonchev–Trinajstić information content (AvgIpc) is 3.45. The van der Waals surface area contributed by atoms with Crippen LogP contribution in [0.1, 0.15) is 42.4 Å². The number of rotatable bonds is 11. The summed E-state index contributed by atoms with van der Waals surface area (Å²) in [6.07, 6.45) is 3.28. The van der Waals surface area contributed by atoms with Gasteiger partial charge in [0.2, 0.25) is 11.7 Å². The first-order valence-electron chi connectivity index (χ1n) is 14.9. The van der Waals surface area contributed by atoms with Crippen LogP contribution in [0.2, 0.25) is 10.0 Å². The summed E-state index contributed by atoms with van der Waals surface area (Å²) in [7, 11) is 4.87. The van der Waals surface area contributed by atoms with Crippen molar-refractivity contribution in [3.8, 4) is 17.2 Å². The molecule has 2 aliphatic rings. The van der Waals surface area contributed by atoms with Crippen LogP contribution >= 0.6 is 23.2 Å². The third-order valence-corrected chi connectivity index (χ3v) is 9.94. The summed E-state index contributed by atoms with van der Waals surface area (Å²) < 4.78 is 16.7. The fourth-order valence-corrected chi connectivity index (χ4v) is 7.13. The van der Waals surface area contributed by atoms with Gasteiger partial charge in [0.05, 0.1) is 36.8 Å². The molecule has 0 aliphatic carbocycles. The molecule has 2 heterocycles. The fourth-order valence-electron chi connectivity index (χ4n) is 6.83. The third kappa shape index (κ3) is 6.60. The number of carbonyl (C=O) groups is 1. The van der Waals surface area contributed by atoms with Gasteiger partial charge in [-0.3, -0.25) is 9.69 Å². The Morgan fingerprint density at radius 1 is 0.884 bits per heavy atom. The molecular formula is C34H41Cl2N3O4. The molecule has 3 aromatic rings. The topological polar surface area (TPSA) is 72.1 Å². The minimum absolute atomic E-state index is 0.108. The largest absolute Gasteiger partial charge is 0.493 e. The first-order chi connectivity index (χ1) is 20.8. The highest BCUT2D eigenvalue weighted by atomic mass is 35.5. The molecule has 43 heavy (non-hydrogen) atoms. The highest BCUT2D eigenvalue weighted by molar-refractivity contribution is 6.42. The van der Waals surface area contributed by atoms with Gasteiger partial charge in [-0.2, -0.15) is 0 Å². The molecule has 230 valence electrons. The Bertz CT molecular complexity index is 1390. The molecule has 5 rings (SSSR count). The number of benzene rings is 3. The second-order valence-electron chi connectivity index (χ2n) is 11.6. The van der Waals surface area contributed by atoms with Crippen molar-refractivity contribution in [2.24, 2.45) is 0 Å². The second kappa shape index (κ2) is 13.8. The van der Waals surface area contributed by atoms with Crippen molar-refractivity contribution in [3.63, 3.8) is 0 Å². The first-order valence-corrected chi connectivity index (χ1v) is 15.6. The van der Waals surface area contributed by atoms with Crippen LogP contribution in [0.3, 0.4) is 0 Å². The molecule has 1 amide bonds. The lowest BCUT2D eigenvalue weighted by Gasteiger charge is -2.37. The number of likely N-dealkylation sites (tertiary alicyclic amines) is 1. The summed E-state index contributed by atoms with van der Waals surface area (Å²) in [6.45, 7) is 4.64. The zero-order valence-corrected chi connectivity index (χ0v) is 26.7. The summed E-state index contributed by atoms with van der Waals surface area (Å²) in [5.41, 5.74) is 2.59. The van der Waals surface area contributed by atoms with E-state index in [0.29, 0.717) is 33.8 Å². The van der Waals surface area contributed by atoms with Crippen molar-refractivity contribution >= 4 is 29.1 Å². The normalized spacial score (nSPS) is 20.0. The molecule has 0 saturated carbocycles. The van der Waals surface area contributed by atoms with Gasteiger partial charge in [-0.15, -0.1) is 0 Å². The van der Waals surface area contributed by atoms with Crippen LogP contribution < -0.4 is 24.8 Å². The zero-order chi connectivity index (χ0) is 30.5. The standard InChI is InChI=1S/C34H41Cl2N3O4/c1-41-29-19-24(20-30(42-2)31(29)43-3)22-39-18-14-33(23-39,26-9-10-27(35)28(36)21-26)11-17-38-32(40)34(12-15-37-16-13-34)25-7-5-4-6-8-25/h4-10,19-21,37H,11-18,22-23H2,1-3H3,(H,38,40). The summed E-state index contributed by atoms with van der Waals surface area (Å²) >= 11 is 12.8. The molecule has 2 fully saturated rings. The van der Waals surface area contributed by atoms with E-state index in [2.05, 4.69) is 33.7 Å². The number of methoxy groups -OCH3 is 3. The Morgan fingerprint density at radius 2 is 1.58 bits per heavy atom. The van der Waals surface area contributed by atoms with Crippen molar-refractivity contribution in [3.05, 3.63) is 87.4 Å². The minimum Gasteiger partial charge on any atom is -0.493 e. The maximum absolute atomic E-state index is 13.9. The van der Waals surface area contributed by atoms with E-state index in [0.717, 1.165) is 75.1 Å². The molecule has 1 unspecified atom stereocenters. The van der Waals surface area contributed by atoms with Gasteiger partial charge in [-0.05, 0) is 86.3 Å². The van der Waals surface area contributed by atoms with E-state index < -0.39 is 5.41 Å². The molecule has 0 bridgehead atoms. The molecule has 3 aromatic carbocycles. The monoisotopic (exact) mass is 625 g/mol. The van der Waals surface area contributed by atoms with E-state index in [4.69, 9.17) is 37.4 Å². The Labute approximate surface area is 264 Å². The lowest BCUT2D eigenvalue weighted by Crippen LogP contribution is -2.51. The van der Waals surface area contributed by atoms with Crippen molar-refractivity contribution in [1.29, 1.82) is 0 Å². The Morgan fingerprint density at radius 3 is 2.21 bits per heavy atom. The van der Waals surface area contributed by atoms with Crippen LogP contribution in [-0.4, -0.2) is 64.9 Å². The first kappa shape index (κ1) is 31.5. The van der Waals surface area contributed by atoms with Crippen LogP contribution in [0.25, 0.3) is 0 Å². The molecule has 0 spiro atoms. The average molecular weight is 627 g/mol. The fraction of sp³-hybridized carbons (Fsp3) is 0.441. The predicted molar refractivity (Wildman–Crippen MR) is 172 cm³/mol. The maximum atomic E-state index is 13.9. The number of nitrogens with one attached hydrogen (secondary N) is 2. The van der Waals surface area contributed by atoms with Gasteiger partial charge in [-0.1, -0.05) is 59.6 Å². The molecule has 0 radical (unpaired) electrons. The molecule has 2 aliphatic heterocycles. The number of carbonyl (C=O) groups excluding carboxylic acids is 1. The summed E-state index contributed by atoms with van der Waals surface area (Å²) in [5.74, 6) is 1.97. The summed E-state index contributed by atoms with van der Waals surface area (Å²) in [5, 5.41) is 7.86. The Hall–Kier alpha value is -2.97. The number of ether oxygens (including phenoxy) is 3. The van der Waals surface area contributed by atoms with E-state index >= 15 is 0 Å². The van der Waals surface area contributed by atoms with Crippen LogP contribution in [0, 0.1) is 0 Å². The number of hydrogen-bond donors (Lipinski definition) is 2. The van der Waals surface area contributed by atoms with Gasteiger partial charge < -0.3 is 24.8 Å². The van der Waals surface area contributed by atoms with E-state index in [1.807, 2.05) is 42.5 Å². The molecule has 9 heteroatoms. The van der Waals surface area contributed by atoms with E-state index in [-0.39, 0.29) is 11.3 Å². The number of nitrogens with zero attached hydrogens (tertiary/aromatic N) is 1. The van der Waals surface area contributed by atoms with Gasteiger partial charge in [0.25, 0.3) is 0 Å². The van der Waals surface area contributed by atoms with Gasteiger partial charge in [0.15, 0.2) is 11.5 Å². The smallest absolute Gasteiger partial charge is 0.230 e. The maximum Gasteiger partial charge on any atom is 0.230 e. The lowest BCUT2D eigenvalue weighted by molar-refractivity contribution is -0.127. The van der Waals surface area contributed by atoms with Crippen molar-refractivity contribution in [2.75, 3.05) is 54.1 Å². The molecule has 0 aromatic heterocycles. The van der Waals surface area contributed by atoms with E-state index in [1.165, 1.54) is 0 Å². The molecule has 1 atom stereocenters. The van der Waals surface area contributed by atoms with Gasteiger partial charge >= 0.3 is 0 Å². The summed E-state index contributed by atoms with van der Waals surface area (Å²) in [4.78, 5) is 16.3. The lowest BCUT2D eigenvalue weighted by atomic mass is 9.72. The minimum atomic E-state index is -0.516. The van der Waals surface area contributed by atoms with Crippen LogP contribution in [0.4, 0.5) is 0 Å². The molecule has 7 nitrogen and oxygen atoms in total. The van der Waals surface area contributed by atoms with Crippen molar-refractivity contribution in [2.45, 2.75) is 43.1 Å². The summed E-state index contributed by atoms with van der Waals surface area (Å²) in [6, 6.07) is 20.2. The number of amides is 1. The van der Waals surface area contributed by atoms with Crippen molar-refractivity contribution < 1.29 is 19.0 Å². The molecule has 2 saturated heterocycles.